The summed E-state index contributed by atoms with van der Waals surface area (Å²) in [6.45, 7) is 6.89. The third kappa shape index (κ3) is 2.27. The van der Waals surface area contributed by atoms with E-state index in [4.69, 9.17) is 0 Å². The van der Waals surface area contributed by atoms with Crippen molar-refractivity contribution < 1.29 is 14.1 Å². The summed E-state index contributed by atoms with van der Waals surface area (Å²) in [5, 5.41) is 0. The van der Waals surface area contributed by atoms with Crippen LogP contribution in [0.25, 0.3) is 0 Å². The van der Waals surface area contributed by atoms with E-state index in [-0.39, 0.29) is 0 Å². The quantitative estimate of drug-likeness (QED) is 0.661. The van der Waals surface area contributed by atoms with Crippen LogP contribution in [-0.2, 0) is 14.1 Å². The van der Waals surface area contributed by atoms with Crippen molar-refractivity contribution in [3.8, 4) is 0 Å². The van der Waals surface area contributed by atoms with Gasteiger partial charge in [0.05, 0.1) is 0 Å². The molecule has 3 rings (SSSR count). The molecule has 0 saturated carbocycles. The number of allylic oxidation sites excluding steroid dienone is 12. The van der Waals surface area contributed by atoms with Gasteiger partial charge in [0.2, 0.25) is 0 Å². The Morgan fingerprint density at radius 2 is 0.947 bits per heavy atom. The van der Waals surface area contributed by atoms with Crippen molar-refractivity contribution in [2.24, 2.45) is 0 Å². The van der Waals surface area contributed by atoms with Gasteiger partial charge in [-0.15, -0.1) is 0 Å². The Bertz CT molecular complexity index is 506. The SMILES string of the molecule is CC1=[C]([Cr]([C]2=C(C)C=CC2)[C]2=C(C)C=CC2)CC=C1. The summed E-state index contributed by atoms with van der Waals surface area (Å²) < 4.78 is 5.24. The number of hydrogen-bond donors (Lipinski definition) is 0. The summed E-state index contributed by atoms with van der Waals surface area (Å²) in [4.78, 5) is 0. The zero-order chi connectivity index (χ0) is 13.4. The predicted octanol–water partition coefficient (Wildman–Crippen LogP) is 5.31. The van der Waals surface area contributed by atoms with Gasteiger partial charge in [0.25, 0.3) is 0 Å². The van der Waals surface area contributed by atoms with Gasteiger partial charge in [-0.25, -0.2) is 0 Å². The molecule has 0 aromatic rings. The molecule has 3 aliphatic carbocycles. The summed E-state index contributed by atoms with van der Waals surface area (Å²) in [7, 11) is 0. The molecule has 0 radical (unpaired) electrons. The summed E-state index contributed by atoms with van der Waals surface area (Å²) in [5.41, 5.74) is 4.60. The zero-order valence-corrected chi connectivity index (χ0v) is 13.3. The minimum atomic E-state index is -0.948. The van der Waals surface area contributed by atoms with Crippen molar-refractivity contribution in [2.45, 2.75) is 40.0 Å². The van der Waals surface area contributed by atoms with Crippen LogP contribution < -0.4 is 0 Å². The van der Waals surface area contributed by atoms with Gasteiger partial charge in [-0.3, -0.25) is 0 Å². The van der Waals surface area contributed by atoms with Gasteiger partial charge in [-0.1, -0.05) is 0 Å². The van der Waals surface area contributed by atoms with Crippen LogP contribution in [0.1, 0.15) is 40.0 Å². The Balaban J connectivity index is 2.06. The molecule has 0 aromatic heterocycles. The van der Waals surface area contributed by atoms with Crippen LogP contribution in [-0.4, -0.2) is 0 Å². The average Bonchev–Trinajstić information content (AvgIpc) is 3.07. The Morgan fingerprint density at radius 1 is 0.632 bits per heavy atom. The van der Waals surface area contributed by atoms with E-state index in [1.807, 2.05) is 0 Å². The third-order valence-corrected chi connectivity index (χ3v) is 8.67. The van der Waals surface area contributed by atoms with E-state index in [0.717, 1.165) is 0 Å². The van der Waals surface area contributed by atoms with E-state index in [1.165, 1.54) is 36.0 Å². The molecule has 0 saturated heterocycles. The monoisotopic (exact) mass is 289 g/mol. The topological polar surface area (TPSA) is 0 Å². The van der Waals surface area contributed by atoms with Crippen LogP contribution in [0.4, 0.5) is 0 Å². The maximum absolute atomic E-state index is 2.34. The molecule has 0 spiro atoms. The van der Waals surface area contributed by atoms with Crippen LogP contribution in [0.2, 0.25) is 0 Å². The molecular weight excluding hydrogens is 268 g/mol. The van der Waals surface area contributed by atoms with Crippen LogP contribution >= 0.6 is 0 Å². The molecule has 1 heteroatoms. The molecule has 3 aliphatic rings. The van der Waals surface area contributed by atoms with Gasteiger partial charge in [-0.05, 0) is 0 Å². The van der Waals surface area contributed by atoms with E-state index in [2.05, 4.69) is 57.2 Å². The van der Waals surface area contributed by atoms with Crippen molar-refractivity contribution in [1.29, 1.82) is 0 Å². The first-order valence-corrected chi connectivity index (χ1v) is 8.93. The maximum atomic E-state index is 2.34. The van der Waals surface area contributed by atoms with Crippen molar-refractivity contribution >= 4 is 0 Å². The Morgan fingerprint density at radius 3 is 1.16 bits per heavy atom. The summed E-state index contributed by atoms with van der Waals surface area (Å²) in [6.07, 6.45) is 17.6. The summed E-state index contributed by atoms with van der Waals surface area (Å²) in [6, 6.07) is 0. The van der Waals surface area contributed by atoms with E-state index in [0.29, 0.717) is 0 Å². The van der Waals surface area contributed by atoms with Crippen LogP contribution in [0, 0.1) is 0 Å². The van der Waals surface area contributed by atoms with Crippen molar-refractivity contribution in [2.75, 3.05) is 0 Å². The van der Waals surface area contributed by atoms with E-state index in [1.54, 1.807) is 13.3 Å². The second-order valence-electron chi connectivity index (χ2n) is 5.44. The third-order valence-electron chi connectivity index (χ3n) is 4.07. The van der Waals surface area contributed by atoms with Crippen molar-refractivity contribution in [3.63, 3.8) is 0 Å². The first-order chi connectivity index (χ1) is 9.18. The van der Waals surface area contributed by atoms with E-state index >= 15 is 0 Å². The van der Waals surface area contributed by atoms with E-state index < -0.39 is 14.1 Å². The number of hydrogen-bond acceptors (Lipinski definition) is 0. The molecule has 0 aliphatic heterocycles. The molecule has 0 aromatic carbocycles. The van der Waals surface area contributed by atoms with Gasteiger partial charge < -0.3 is 0 Å². The molecule has 0 bridgehead atoms. The van der Waals surface area contributed by atoms with Gasteiger partial charge in [0.15, 0.2) is 0 Å². The summed E-state index contributed by atoms with van der Waals surface area (Å²) >= 11 is -0.948. The number of rotatable bonds is 3. The molecule has 0 nitrogen and oxygen atoms in total. The van der Waals surface area contributed by atoms with Gasteiger partial charge >= 0.3 is 121 Å². The zero-order valence-electron chi connectivity index (χ0n) is 12.0. The molecule has 0 heterocycles. The first-order valence-electron chi connectivity index (χ1n) is 7.01. The normalized spacial score (nSPS) is 22.1. The molecule has 0 unspecified atom stereocenters. The molecule has 0 fully saturated rings. The Kier molecular flexibility index (Phi) is 3.52. The first kappa shape index (κ1) is 13.0. The second-order valence-corrected chi connectivity index (χ2v) is 8.71. The van der Waals surface area contributed by atoms with Crippen molar-refractivity contribution in [3.05, 3.63) is 66.5 Å². The van der Waals surface area contributed by atoms with Crippen molar-refractivity contribution in [1.82, 2.24) is 0 Å². The molecule has 0 N–H and O–H groups in total. The van der Waals surface area contributed by atoms with Gasteiger partial charge in [0.1, 0.15) is 0 Å². The van der Waals surface area contributed by atoms with Gasteiger partial charge in [-0.2, -0.15) is 0 Å². The summed E-state index contributed by atoms with van der Waals surface area (Å²) in [5.74, 6) is 0. The van der Waals surface area contributed by atoms with Crippen LogP contribution in [0.3, 0.4) is 0 Å². The Labute approximate surface area is 121 Å². The minimum absolute atomic E-state index is 0.948. The molecular formula is C18H21Cr. The van der Waals surface area contributed by atoms with Gasteiger partial charge in [0, 0.05) is 0 Å². The fourth-order valence-electron chi connectivity index (χ4n) is 2.97. The predicted molar refractivity (Wildman–Crippen MR) is 79.4 cm³/mol. The molecule has 0 atom stereocenters. The molecule has 19 heavy (non-hydrogen) atoms. The fraction of sp³-hybridized carbons (Fsp3) is 0.333. The van der Waals surface area contributed by atoms with Crippen LogP contribution in [0.15, 0.2) is 66.5 Å². The Hall–Kier alpha value is -1.03. The standard InChI is InChI=1S/3C6H7.Cr/c3*1-6-4-2-3-5-6;/h3*2,4H,3H2,1H3;. The fourth-order valence-corrected chi connectivity index (χ4v) is 7.42. The van der Waals surface area contributed by atoms with Crippen LogP contribution in [0.5, 0.6) is 0 Å². The van der Waals surface area contributed by atoms with E-state index in [9.17, 15) is 0 Å². The second kappa shape index (κ2) is 5.16. The average molecular weight is 289 g/mol. The molecule has 99 valence electrons. The molecule has 0 amide bonds.